The number of carbonyl (C=O) groups is 2. The van der Waals surface area contributed by atoms with E-state index in [0.717, 1.165) is 23.2 Å². The van der Waals surface area contributed by atoms with Gasteiger partial charge in [-0.1, -0.05) is 0 Å². The molecule has 2 heterocycles. The van der Waals surface area contributed by atoms with Gasteiger partial charge in [-0.2, -0.15) is 0 Å². The number of fused-ring (bicyclic) bond motifs is 1. The van der Waals surface area contributed by atoms with Crippen molar-refractivity contribution in [3.63, 3.8) is 0 Å². The van der Waals surface area contributed by atoms with Crippen LogP contribution in [0.5, 0.6) is 5.75 Å². The Bertz CT molecular complexity index is 814. The van der Waals surface area contributed by atoms with Gasteiger partial charge in [-0.3, -0.25) is 9.59 Å². The van der Waals surface area contributed by atoms with E-state index in [2.05, 4.69) is 10.2 Å². The predicted molar refractivity (Wildman–Crippen MR) is 95.9 cm³/mol. The maximum Gasteiger partial charge on any atom is 0.271 e. The van der Waals surface area contributed by atoms with E-state index in [1.54, 1.807) is 19.1 Å². The normalized spacial score (nSPS) is 18.4. The molecule has 1 saturated heterocycles. The summed E-state index contributed by atoms with van der Waals surface area (Å²) in [4.78, 5) is 29.1. The molecule has 2 amide bonds. The van der Waals surface area contributed by atoms with E-state index in [4.69, 9.17) is 4.74 Å². The number of methoxy groups -OCH3 is 1. The Morgan fingerprint density at radius 1 is 1.20 bits per heavy atom. The quantitative estimate of drug-likeness (QED) is 0.890. The number of hydrogen-bond donors (Lipinski definition) is 1. The van der Waals surface area contributed by atoms with Gasteiger partial charge in [-0.15, -0.1) is 0 Å². The molecule has 134 valence electrons. The molecule has 1 aromatic heterocycles. The second-order valence-electron chi connectivity index (χ2n) is 6.40. The molecule has 1 aliphatic rings. The first-order chi connectivity index (χ1) is 12.0. The number of piperazine rings is 1. The Morgan fingerprint density at radius 2 is 1.96 bits per heavy atom. The molecule has 25 heavy (non-hydrogen) atoms. The first kappa shape index (κ1) is 17.3. The molecule has 1 unspecified atom stereocenters. The van der Waals surface area contributed by atoms with Gasteiger partial charge in [0.2, 0.25) is 5.91 Å². The summed E-state index contributed by atoms with van der Waals surface area (Å²) in [6.07, 6.45) is 0. The summed E-state index contributed by atoms with van der Waals surface area (Å²) < 4.78 is 7.13. The number of amides is 2. The van der Waals surface area contributed by atoms with Crippen molar-refractivity contribution in [1.29, 1.82) is 0 Å². The van der Waals surface area contributed by atoms with Crippen molar-refractivity contribution < 1.29 is 14.3 Å². The van der Waals surface area contributed by atoms with Gasteiger partial charge in [-0.25, -0.2) is 0 Å². The molecule has 1 aromatic carbocycles. The Kier molecular flexibility index (Phi) is 4.67. The molecule has 2 aromatic rings. The first-order valence-electron chi connectivity index (χ1n) is 8.31. The number of carbonyl (C=O) groups excluding carboxylic acids is 2. The lowest BCUT2D eigenvalue weighted by atomic mass is 10.1. The van der Waals surface area contributed by atoms with Gasteiger partial charge in [0.25, 0.3) is 5.91 Å². The minimum atomic E-state index is -0.483. The number of benzene rings is 1. The number of likely N-dealkylation sites (N-methyl/N-ethyl adjacent to an activating group) is 2. The summed E-state index contributed by atoms with van der Waals surface area (Å²) in [6, 6.07) is 7.10. The third-order valence-electron chi connectivity index (χ3n) is 4.86. The van der Waals surface area contributed by atoms with E-state index in [9.17, 15) is 9.59 Å². The van der Waals surface area contributed by atoms with Gasteiger partial charge in [0.1, 0.15) is 17.5 Å². The van der Waals surface area contributed by atoms with Crippen molar-refractivity contribution in [2.45, 2.75) is 6.04 Å². The standard InChI is InChI=1S/C18H24N4O3/c1-19-17(23)16-11-20(2)7-8-22(16)18(24)15-10-12-9-13(25-4)5-6-14(12)21(15)3/h5-6,9-10,16H,7-8,11H2,1-4H3,(H,19,23). The second-order valence-corrected chi connectivity index (χ2v) is 6.40. The van der Waals surface area contributed by atoms with Gasteiger partial charge >= 0.3 is 0 Å². The number of aryl methyl sites for hydroxylation is 1. The highest BCUT2D eigenvalue weighted by Gasteiger charge is 2.35. The number of nitrogens with zero attached hydrogens (tertiary/aromatic N) is 3. The monoisotopic (exact) mass is 344 g/mol. The van der Waals surface area contributed by atoms with Crippen LogP contribution in [0.15, 0.2) is 24.3 Å². The lowest BCUT2D eigenvalue weighted by molar-refractivity contribution is -0.126. The summed E-state index contributed by atoms with van der Waals surface area (Å²) in [7, 11) is 7.05. The topological polar surface area (TPSA) is 66.8 Å². The molecule has 1 fully saturated rings. The van der Waals surface area contributed by atoms with E-state index in [1.807, 2.05) is 42.9 Å². The zero-order chi connectivity index (χ0) is 18.1. The molecular weight excluding hydrogens is 320 g/mol. The van der Waals surface area contributed by atoms with Crippen LogP contribution in [0.4, 0.5) is 0 Å². The Labute approximate surface area is 147 Å². The molecule has 0 spiro atoms. The van der Waals surface area contributed by atoms with E-state index >= 15 is 0 Å². The minimum Gasteiger partial charge on any atom is -0.497 e. The molecular formula is C18H24N4O3. The van der Waals surface area contributed by atoms with Crippen molar-refractivity contribution in [2.75, 3.05) is 40.8 Å². The third-order valence-corrected chi connectivity index (χ3v) is 4.86. The number of ether oxygens (including phenoxy) is 1. The van der Waals surface area contributed by atoms with Crippen molar-refractivity contribution in [3.8, 4) is 5.75 Å². The lowest BCUT2D eigenvalue weighted by Gasteiger charge is -2.38. The average Bonchev–Trinajstić information content (AvgIpc) is 2.96. The average molecular weight is 344 g/mol. The van der Waals surface area contributed by atoms with E-state index < -0.39 is 6.04 Å². The van der Waals surface area contributed by atoms with Gasteiger partial charge in [0.15, 0.2) is 0 Å². The molecule has 1 N–H and O–H groups in total. The van der Waals surface area contributed by atoms with Crippen molar-refractivity contribution in [2.24, 2.45) is 7.05 Å². The van der Waals surface area contributed by atoms with Crippen molar-refractivity contribution in [3.05, 3.63) is 30.0 Å². The molecule has 7 heteroatoms. The highest BCUT2D eigenvalue weighted by molar-refractivity contribution is 6.01. The summed E-state index contributed by atoms with van der Waals surface area (Å²) in [5.74, 6) is 0.486. The summed E-state index contributed by atoms with van der Waals surface area (Å²) in [5, 5.41) is 3.61. The fourth-order valence-corrected chi connectivity index (χ4v) is 3.36. The Morgan fingerprint density at radius 3 is 2.64 bits per heavy atom. The highest BCUT2D eigenvalue weighted by Crippen LogP contribution is 2.25. The van der Waals surface area contributed by atoms with E-state index in [1.165, 1.54) is 0 Å². The number of rotatable bonds is 3. The fraction of sp³-hybridized carbons (Fsp3) is 0.444. The van der Waals surface area contributed by atoms with Crippen LogP contribution in [0.25, 0.3) is 10.9 Å². The fourth-order valence-electron chi connectivity index (χ4n) is 3.36. The van der Waals surface area contributed by atoms with Crippen LogP contribution >= 0.6 is 0 Å². The number of aromatic nitrogens is 1. The van der Waals surface area contributed by atoms with Crippen LogP contribution in [0.2, 0.25) is 0 Å². The smallest absolute Gasteiger partial charge is 0.271 e. The van der Waals surface area contributed by atoms with Crippen LogP contribution in [0.1, 0.15) is 10.5 Å². The third kappa shape index (κ3) is 3.07. The first-order valence-corrected chi connectivity index (χ1v) is 8.31. The van der Waals surface area contributed by atoms with E-state index in [-0.39, 0.29) is 11.8 Å². The van der Waals surface area contributed by atoms with Gasteiger partial charge in [0, 0.05) is 44.6 Å². The van der Waals surface area contributed by atoms with Crippen LogP contribution in [0.3, 0.4) is 0 Å². The van der Waals surface area contributed by atoms with Gasteiger partial charge < -0.3 is 24.4 Å². The highest BCUT2D eigenvalue weighted by atomic mass is 16.5. The molecule has 3 rings (SSSR count). The van der Waals surface area contributed by atoms with Gasteiger partial charge in [-0.05, 0) is 31.3 Å². The molecule has 0 bridgehead atoms. The summed E-state index contributed by atoms with van der Waals surface area (Å²) in [6.45, 7) is 1.80. The van der Waals surface area contributed by atoms with E-state index in [0.29, 0.717) is 18.8 Å². The zero-order valence-corrected chi connectivity index (χ0v) is 15.1. The number of hydrogen-bond acceptors (Lipinski definition) is 4. The van der Waals surface area contributed by atoms with Crippen LogP contribution < -0.4 is 10.1 Å². The van der Waals surface area contributed by atoms with Crippen molar-refractivity contribution in [1.82, 2.24) is 19.7 Å². The Balaban J connectivity index is 1.97. The lowest BCUT2D eigenvalue weighted by Crippen LogP contribution is -2.59. The maximum absolute atomic E-state index is 13.2. The van der Waals surface area contributed by atoms with Crippen LogP contribution in [-0.4, -0.2) is 73.1 Å². The molecule has 0 radical (unpaired) electrons. The largest absolute Gasteiger partial charge is 0.497 e. The summed E-state index contributed by atoms with van der Waals surface area (Å²) >= 11 is 0. The van der Waals surface area contributed by atoms with Crippen LogP contribution in [-0.2, 0) is 11.8 Å². The summed E-state index contributed by atoms with van der Waals surface area (Å²) in [5.41, 5.74) is 1.52. The maximum atomic E-state index is 13.2. The minimum absolute atomic E-state index is 0.126. The zero-order valence-electron chi connectivity index (χ0n) is 15.1. The predicted octanol–water partition coefficient (Wildman–Crippen LogP) is 0.689. The molecule has 1 atom stereocenters. The van der Waals surface area contributed by atoms with Gasteiger partial charge in [0.05, 0.1) is 7.11 Å². The molecule has 0 aliphatic carbocycles. The van der Waals surface area contributed by atoms with Crippen LogP contribution in [0, 0.1) is 0 Å². The van der Waals surface area contributed by atoms with Crippen molar-refractivity contribution >= 4 is 22.7 Å². The number of nitrogens with one attached hydrogen (secondary N) is 1. The molecule has 1 aliphatic heterocycles. The SMILES string of the molecule is CNC(=O)C1CN(C)CCN1C(=O)c1cc2cc(OC)ccc2n1C. The molecule has 0 saturated carbocycles. The molecule has 7 nitrogen and oxygen atoms in total. The Hall–Kier alpha value is -2.54. The second kappa shape index (κ2) is 6.76.